The Morgan fingerprint density at radius 2 is 1.88 bits per heavy atom. The smallest absolute Gasteiger partial charge is 0.475 e. The van der Waals surface area contributed by atoms with Gasteiger partial charge in [0, 0.05) is 31.1 Å². The van der Waals surface area contributed by atoms with Gasteiger partial charge in [0.15, 0.2) is 0 Å². The minimum atomic E-state index is -5.08. The molecule has 3 heterocycles. The number of aliphatic hydroxyl groups is 1. The summed E-state index contributed by atoms with van der Waals surface area (Å²) in [7, 11) is 0. The summed E-state index contributed by atoms with van der Waals surface area (Å²) in [6, 6.07) is 3.64. The monoisotopic (exact) mass is 473 g/mol. The minimum Gasteiger partial charge on any atom is -0.475 e. The van der Waals surface area contributed by atoms with Crippen LogP contribution in [0.5, 0.6) is 0 Å². The van der Waals surface area contributed by atoms with Crippen molar-refractivity contribution in [3.8, 4) is 0 Å². The zero-order valence-electron chi connectivity index (χ0n) is 17.9. The molecule has 2 saturated heterocycles. The van der Waals surface area contributed by atoms with Crippen LogP contribution in [0, 0.1) is 30.6 Å². The molecule has 0 unspecified atom stereocenters. The lowest BCUT2D eigenvalue weighted by Gasteiger charge is -2.33. The average molecular weight is 473 g/mol. The van der Waals surface area contributed by atoms with Gasteiger partial charge < -0.3 is 25.2 Å². The molecule has 33 heavy (non-hydrogen) atoms. The van der Waals surface area contributed by atoms with Gasteiger partial charge in [-0.15, -0.1) is 0 Å². The van der Waals surface area contributed by atoms with Crippen LogP contribution in [0.25, 0.3) is 0 Å². The highest BCUT2D eigenvalue weighted by atomic mass is 19.4. The van der Waals surface area contributed by atoms with Gasteiger partial charge in [0.05, 0.1) is 36.6 Å². The zero-order chi connectivity index (χ0) is 24.3. The maximum Gasteiger partial charge on any atom is 0.490 e. The molecule has 4 rings (SSSR count). The molecule has 3 fully saturated rings. The first-order chi connectivity index (χ1) is 15.5. The van der Waals surface area contributed by atoms with Gasteiger partial charge >= 0.3 is 12.1 Å². The van der Waals surface area contributed by atoms with E-state index in [1.807, 2.05) is 17.9 Å². The average Bonchev–Trinajstić information content (AvgIpc) is 3.16. The van der Waals surface area contributed by atoms with Crippen molar-refractivity contribution < 1.29 is 42.5 Å². The second kappa shape index (κ2) is 10.0. The molecule has 12 heteroatoms. The van der Waals surface area contributed by atoms with Gasteiger partial charge in [0.1, 0.15) is 0 Å². The molecule has 2 amide bonds. The Morgan fingerprint density at radius 1 is 1.21 bits per heavy atom. The number of likely N-dealkylation sites (tertiary alicyclic amines) is 1. The molecule has 1 aliphatic carbocycles. The van der Waals surface area contributed by atoms with Crippen LogP contribution in [0.1, 0.15) is 18.5 Å². The lowest BCUT2D eigenvalue weighted by molar-refractivity contribution is -0.192. The number of aliphatic carboxylic acids is 1. The number of ether oxygens (including phenoxy) is 1. The van der Waals surface area contributed by atoms with E-state index < -0.39 is 12.1 Å². The van der Waals surface area contributed by atoms with E-state index in [9.17, 15) is 27.9 Å². The van der Waals surface area contributed by atoms with Crippen molar-refractivity contribution in [3.05, 3.63) is 24.0 Å². The Labute approximate surface area is 187 Å². The Hall–Kier alpha value is -2.73. The molecule has 3 aliphatic rings. The second-order valence-electron chi connectivity index (χ2n) is 8.56. The first-order valence-corrected chi connectivity index (χ1v) is 10.5. The number of nitrogens with zero attached hydrogens (tertiary/aromatic N) is 2. The number of anilines is 1. The Kier molecular flexibility index (Phi) is 7.58. The molecule has 0 aromatic carbocycles. The van der Waals surface area contributed by atoms with Crippen molar-refractivity contribution >= 4 is 23.5 Å². The molecular formula is C21H26F3N3O6. The van der Waals surface area contributed by atoms with E-state index in [1.54, 1.807) is 12.3 Å². The second-order valence-corrected chi connectivity index (χ2v) is 8.56. The molecule has 3 atom stereocenters. The SMILES string of the molecule is Cc1ncccc1NC(=O)[C@@H]1COC[C@H]2CN(C(=O)C3CC(O)C3)C[C@H]21.O=C(O)C(F)(F)F. The molecule has 1 aromatic rings. The highest BCUT2D eigenvalue weighted by Crippen LogP contribution is 2.37. The molecule has 182 valence electrons. The number of rotatable bonds is 3. The summed E-state index contributed by atoms with van der Waals surface area (Å²) in [4.78, 5) is 40.4. The minimum absolute atomic E-state index is 0.0589. The van der Waals surface area contributed by atoms with Crippen LogP contribution in [0.3, 0.4) is 0 Å². The maximum absolute atomic E-state index is 12.8. The predicted octanol–water partition coefficient (Wildman–Crippen LogP) is 1.45. The largest absolute Gasteiger partial charge is 0.490 e. The number of halogens is 3. The number of amides is 2. The van der Waals surface area contributed by atoms with E-state index in [2.05, 4.69) is 10.3 Å². The van der Waals surface area contributed by atoms with Crippen LogP contribution in [-0.4, -0.2) is 76.5 Å². The topological polar surface area (TPSA) is 129 Å². The van der Waals surface area contributed by atoms with Crippen LogP contribution in [-0.2, 0) is 19.1 Å². The number of carbonyl (C=O) groups is 3. The number of carboxylic acid groups (broad SMARTS) is 1. The normalized spacial score (nSPS) is 28.6. The summed E-state index contributed by atoms with van der Waals surface area (Å²) in [5, 5.41) is 19.5. The number of aliphatic hydroxyl groups excluding tert-OH is 1. The number of pyridine rings is 1. The van der Waals surface area contributed by atoms with Gasteiger partial charge in [-0.1, -0.05) is 0 Å². The van der Waals surface area contributed by atoms with E-state index in [4.69, 9.17) is 14.6 Å². The number of fused-ring (bicyclic) bond motifs is 1. The zero-order valence-corrected chi connectivity index (χ0v) is 17.9. The summed E-state index contributed by atoms with van der Waals surface area (Å²) in [6.45, 7) is 4.09. The lowest BCUT2D eigenvalue weighted by Crippen LogP contribution is -2.43. The van der Waals surface area contributed by atoms with Crippen molar-refractivity contribution in [3.63, 3.8) is 0 Å². The van der Waals surface area contributed by atoms with Gasteiger partial charge in [-0.05, 0) is 37.8 Å². The molecular weight excluding hydrogens is 447 g/mol. The fourth-order valence-electron chi connectivity index (χ4n) is 4.34. The molecule has 2 aliphatic heterocycles. The van der Waals surface area contributed by atoms with Crippen LogP contribution in [0.4, 0.5) is 18.9 Å². The fourth-order valence-corrected chi connectivity index (χ4v) is 4.34. The van der Waals surface area contributed by atoms with E-state index in [0.29, 0.717) is 44.8 Å². The summed E-state index contributed by atoms with van der Waals surface area (Å²) in [5.41, 5.74) is 1.50. The number of hydrogen-bond acceptors (Lipinski definition) is 6. The van der Waals surface area contributed by atoms with Gasteiger partial charge in [0.2, 0.25) is 11.8 Å². The van der Waals surface area contributed by atoms with E-state index in [0.717, 1.165) is 5.69 Å². The number of carbonyl (C=O) groups excluding carboxylic acids is 2. The molecule has 0 radical (unpaired) electrons. The van der Waals surface area contributed by atoms with Gasteiger partial charge in [-0.3, -0.25) is 14.6 Å². The van der Waals surface area contributed by atoms with E-state index in [-0.39, 0.29) is 41.6 Å². The highest BCUT2D eigenvalue weighted by Gasteiger charge is 2.47. The molecule has 3 N–H and O–H groups in total. The number of aryl methyl sites for hydroxylation is 1. The van der Waals surface area contributed by atoms with Crippen molar-refractivity contribution in [2.24, 2.45) is 23.7 Å². The fraction of sp³-hybridized carbons (Fsp3) is 0.619. The summed E-state index contributed by atoms with van der Waals surface area (Å²) < 4.78 is 37.4. The number of alkyl halides is 3. The van der Waals surface area contributed by atoms with Crippen LogP contribution >= 0.6 is 0 Å². The van der Waals surface area contributed by atoms with Crippen LogP contribution in [0.2, 0.25) is 0 Å². The summed E-state index contributed by atoms with van der Waals surface area (Å²) in [6.07, 6.45) is -2.60. The quantitative estimate of drug-likeness (QED) is 0.606. The highest BCUT2D eigenvalue weighted by molar-refractivity contribution is 5.93. The third kappa shape index (κ3) is 5.99. The Bertz CT molecular complexity index is 890. The number of nitrogens with one attached hydrogen (secondary N) is 1. The van der Waals surface area contributed by atoms with Gasteiger partial charge in [-0.25, -0.2) is 4.79 Å². The molecule has 0 bridgehead atoms. The third-order valence-corrected chi connectivity index (χ3v) is 6.26. The van der Waals surface area contributed by atoms with E-state index in [1.165, 1.54) is 0 Å². The van der Waals surface area contributed by atoms with Crippen molar-refractivity contribution in [2.45, 2.75) is 32.0 Å². The Morgan fingerprint density at radius 3 is 2.45 bits per heavy atom. The van der Waals surface area contributed by atoms with Crippen LogP contribution in [0.15, 0.2) is 18.3 Å². The predicted molar refractivity (Wildman–Crippen MR) is 108 cm³/mol. The van der Waals surface area contributed by atoms with Gasteiger partial charge in [-0.2, -0.15) is 13.2 Å². The first-order valence-electron chi connectivity index (χ1n) is 10.5. The third-order valence-electron chi connectivity index (χ3n) is 6.26. The summed E-state index contributed by atoms with van der Waals surface area (Å²) in [5.74, 6) is -2.71. The number of hydrogen-bond donors (Lipinski definition) is 3. The summed E-state index contributed by atoms with van der Waals surface area (Å²) >= 11 is 0. The maximum atomic E-state index is 12.8. The molecule has 1 saturated carbocycles. The van der Waals surface area contributed by atoms with E-state index >= 15 is 0 Å². The lowest BCUT2D eigenvalue weighted by atomic mass is 9.81. The Balaban J connectivity index is 0.000000383. The number of carboxylic acids is 1. The molecule has 0 spiro atoms. The standard InChI is InChI=1S/C19H25N3O4.C2HF3O2/c1-11-17(3-2-4-20-11)21-18(24)16-10-26-9-13-7-22(8-15(13)16)19(25)12-5-14(23)6-12;3-2(4,5)1(6)7/h2-4,12-16,23H,5-10H2,1H3,(H,21,24);(H,6,7)/t12?,13-,14?,15-,16-;/m1./s1. The first kappa shape index (κ1) is 24.9. The van der Waals surface area contributed by atoms with Crippen molar-refractivity contribution in [2.75, 3.05) is 31.6 Å². The molecule has 1 aromatic heterocycles. The van der Waals surface area contributed by atoms with Crippen molar-refractivity contribution in [1.29, 1.82) is 0 Å². The van der Waals surface area contributed by atoms with Gasteiger partial charge in [0.25, 0.3) is 0 Å². The molecule has 9 nitrogen and oxygen atoms in total. The van der Waals surface area contributed by atoms with Crippen LogP contribution < -0.4 is 5.32 Å². The number of aromatic nitrogens is 1. The van der Waals surface area contributed by atoms with Crippen molar-refractivity contribution in [1.82, 2.24) is 9.88 Å².